The third-order valence-electron chi connectivity index (χ3n) is 2.83. The van der Waals surface area contributed by atoms with Crippen molar-refractivity contribution >= 4 is 29.0 Å². The van der Waals surface area contributed by atoms with Crippen molar-refractivity contribution < 1.29 is 4.79 Å². The molecule has 0 amide bonds. The number of hydrogen-bond donors (Lipinski definition) is 0. The van der Waals surface area contributed by atoms with Crippen molar-refractivity contribution in [2.75, 3.05) is 24.8 Å². The number of alkyl halides is 2. The minimum atomic E-state index is 0.00615. The van der Waals surface area contributed by atoms with Crippen LogP contribution in [-0.4, -0.2) is 35.5 Å². The lowest BCUT2D eigenvalue weighted by Crippen LogP contribution is -2.22. The fourth-order valence-electron chi connectivity index (χ4n) is 1.83. The summed E-state index contributed by atoms with van der Waals surface area (Å²) in [6.45, 7) is 5.33. The van der Waals surface area contributed by atoms with Crippen molar-refractivity contribution in [3.05, 3.63) is 47.2 Å². The van der Waals surface area contributed by atoms with Gasteiger partial charge in [-0.3, -0.25) is 4.79 Å². The van der Waals surface area contributed by atoms with Crippen LogP contribution in [-0.2, 0) is 0 Å². The van der Waals surface area contributed by atoms with Gasteiger partial charge in [-0.25, -0.2) is 0 Å². The van der Waals surface area contributed by atoms with E-state index in [1.54, 1.807) is 12.3 Å². The van der Waals surface area contributed by atoms with E-state index in [9.17, 15) is 4.79 Å². The van der Waals surface area contributed by atoms with Crippen molar-refractivity contribution in [1.82, 2.24) is 4.90 Å². The van der Waals surface area contributed by atoms with E-state index < -0.39 is 0 Å². The maximum absolute atomic E-state index is 12.1. The number of aryl methyl sites for hydroxylation is 2. The largest absolute Gasteiger partial charge is 0.375 e. The summed E-state index contributed by atoms with van der Waals surface area (Å²) in [5.74, 6) is 1.03. The Morgan fingerprint density at radius 1 is 1.21 bits per heavy atom. The number of rotatable bonds is 7. The van der Waals surface area contributed by atoms with Crippen LogP contribution in [0.25, 0.3) is 0 Å². The van der Waals surface area contributed by atoms with Gasteiger partial charge in [0, 0.05) is 42.7 Å². The summed E-state index contributed by atoms with van der Waals surface area (Å²) in [4.78, 5) is 14.1. The number of benzene rings is 1. The predicted molar refractivity (Wildman–Crippen MR) is 82.4 cm³/mol. The molecule has 0 spiro atoms. The van der Waals surface area contributed by atoms with Gasteiger partial charge >= 0.3 is 0 Å². The fraction of sp³-hybridized carbons (Fsp3) is 0.400. The average molecular weight is 300 g/mol. The Bertz CT molecular complexity index is 451. The standard InChI is InChI=1S/C15H19Cl2NO/c1-12-3-4-14(13(2)11-12)15(19)5-8-18(9-6-16)10-7-17/h3-5,8,11H,6-7,9-10H2,1-2H3. The summed E-state index contributed by atoms with van der Waals surface area (Å²) >= 11 is 11.4. The molecule has 19 heavy (non-hydrogen) atoms. The van der Waals surface area contributed by atoms with Crippen LogP contribution in [0.15, 0.2) is 30.5 Å². The summed E-state index contributed by atoms with van der Waals surface area (Å²) in [6.07, 6.45) is 3.35. The second kappa shape index (κ2) is 8.23. The molecule has 0 saturated carbocycles. The van der Waals surface area contributed by atoms with Crippen LogP contribution in [0, 0.1) is 13.8 Å². The number of allylic oxidation sites excluding steroid dienone is 1. The van der Waals surface area contributed by atoms with E-state index in [2.05, 4.69) is 0 Å². The molecule has 0 radical (unpaired) electrons. The highest BCUT2D eigenvalue weighted by Gasteiger charge is 2.06. The van der Waals surface area contributed by atoms with Gasteiger partial charge in [0.15, 0.2) is 5.78 Å². The predicted octanol–water partition coefficient (Wildman–Crippen LogP) is 3.78. The molecular weight excluding hydrogens is 281 g/mol. The molecule has 0 aliphatic rings. The molecule has 0 saturated heterocycles. The third-order valence-corrected chi connectivity index (χ3v) is 3.17. The highest BCUT2D eigenvalue weighted by Crippen LogP contribution is 2.12. The first-order chi connectivity index (χ1) is 9.08. The van der Waals surface area contributed by atoms with Gasteiger partial charge in [-0.15, -0.1) is 23.2 Å². The molecule has 0 bridgehead atoms. The summed E-state index contributed by atoms with van der Waals surface area (Å²) in [5.41, 5.74) is 2.89. The van der Waals surface area contributed by atoms with Crippen molar-refractivity contribution in [3.8, 4) is 0 Å². The van der Waals surface area contributed by atoms with E-state index in [-0.39, 0.29) is 5.78 Å². The van der Waals surface area contributed by atoms with Gasteiger partial charge < -0.3 is 4.90 Å². The van der Waals surface area contributed by atoms with Crippen LogP contribution >= 0.6 is 23.2 Å². The molecule has 104 valence electrons. The lowest BCUT2D eigenvalue weighted by atomic mass is 10.0. The topological polar surface area (TPSA) is 20.3 Å². The van der Waals surface area contributed by atoms with Gasteiger partial charge in [-0.2, -0.15) is 0 Å². The quantitative estimate of drug-likeness (QED) is 0.434. The molecule has 1 rings (SSSR count). The molecule has 0 heterocycles. The Labute approximate surface area is 125 Å². The molecule has 0 aromatic heterocycles. The molecule has 0 aliphatic heterocycles. The Morgan fingerprint density at radius 2 is 1.84 bits per heavy atom. The zero-order chi connectivity index (χ0) is 14.3. The van der Waals surface area contributed by atoms with Crippen LogP contribution in [0.4, 0.5) is 0 Å². The van der Waals surface area contributed by atoms with Crippen molar-refractivity contribution in [1.29, 1.82) is 0 Å². The minimum absolute atomic E-state index is 0.00615. The molecular formula is C15H19Cl2NO. The number of hydrogen-bond acceptors (Lipinski definition) is 2. The molecule has 0 unspecified atom stereocenters. The molecule has 2 nitrogen and oxygen atoms in total. The maximum atomic E-state index is 12.1. The Kier molecular flexibility index (Phi) is 6.96. The van der Waals surface area contributed by atoms with Crippen LogP contribution in [0.1, 0.15) is 21.5 Å². The minimum Gasteiger partial charge on any atom is -0.375 e. The zero-order valence-electron chi connectivity index (χ0n) is 11.3. The number of halogens is 2. The lowest BCUT2D eigenvalue weighted by Gasteiger charge is -2.17. The van der Waals surface area contributed by atoms with Crippen LogP contribution in [0.2, 0.25) is 0 Å². The molecule has 0 atom stereocenters. The van der Waals surface area contributed by atoms with Crippen LogP contribution < -0.4 is 0 Å². The molecule has 0 aliphatic carbocycles. The van der Waals surface area contributed by atoms with E-state index in [1.165, 1.54) is 0 Å². The smallest absolute Gasteiger partial charge is 0.187 e. The van der Waals surface area contributed by atoms with Gasteiger partial charge in [0.25, 0.3) is 0 Å². The highest BCUT2D eigenvalue weighted by molar-refractivity contribution is 6.18. The van der Waals surface area contributed by atoms with E-state index in [1.807, 2.05) is 36.9 Å². The Hall–Kier alpha value is -0.990. The van der Waals surface area contributed by atoms with Gasteiger partial charge in [-0.05, 0) is 19.4 Å². The lowest BCUT2D eigenvalue weighted by molar-refractivity contribution is 0.104. The first kappa shape index (κ1) is 16.1. The average Bonchev–Trinajstić information content (AvgIpc) is 2.36. The zero-order valence-corrected chi connectivity index (χ0v) is 12.8. The first-order valence-corrected chi connectivity index (χ1v) is 7.31. The SMILES string of the molecule is Cc1ccc(C(=O)C=CN(CCCl)CCCl)c(C)c1. The van der Waals surface area contributed by atoms with Crippen molar-refractivity contribution in [2.24, 2.45) is 0 Å². The van der Waals surface area contributed by atoms with Gasteiger partial charge in [-0.1, -0.05) is 23.8 Å². The van der Waals surface area contributed by atoms with E-state index in [0.29, 0.717) is 24.8 Å². The maximum Gasteiger partial charge on any atom is 0.187 e. The number of ketones is 1. The molecule has 4 heteroatoms. The highest BCUT2D eigenvalue weighted by atomic mass is 35.5. The summed E-state index contributed by atoms with van der Waals surface area (Å²) in [5, 5.41) is 0. The van der Waals surface area contributed by atoms with Crippen molar-refractivity contribution in [2.45, 2.75) is 13.8 Å². The molecule has 0 N–H and O–H groups in total. The number of carbonyl (C=O) groups is 1. The Morgan fingerprint density at radius 3 is 2.37 bits per heavy atom. The monoisotopic (exact) mass is 299 g/mol. The number of nitrogens with zero attached hydrogens (tertiary/aromatic N) is 1. The number of carbonyl (C=O) groups excluding carboxylic acids is 1. The normalized spacial score (nSPS) is 10.9. The van der Waals surface area contributed by atoms with E-state index in [0.717, 1.165) is 16.7 Å². The molecule has 1 aromatic carbocycles. The molecule has 1 aromatic rings. The van der Waals surface area contributed by atoms with Gasteiger partial charge in [0.05, 0.1) is 0 Å². The first-order valence-electron chi connectivity index (χ1n) is 6.24. The van der Waals surface area contributed by atoms with Crippen molar-refractivity contribution in [3.63, 3.8) is 0 Å². The third kappa shape index (κ3) is 5.25. The van der Waals surface area contributed by atoms with Crippen LogP contribution in [0.3, 0.4) is 0 Å². The van der Waals surface area contributed by atoms with E-state index in [4.69, 9.17) is 23.2 Å². The van der Waals surface area contributed by atoms with Gasteiger partial charge in [0.1, 0.15) is 0 Å². The Balaban J connectivity index is 2.77. The summed E-state index contributed by atoms with van der Waals surface area (Å²) in [6, 6.07) is 5.82. The fourth-order valence-corrected chi connectivity index (χ4v) is 2.27. The van der Waals surface area contributed by atoms with E-state index >= 15 is 0 Å². The molecule has 0 fully saturated rings. The second-order valence-electron chi connectivity index (χ2n) is 4.41. The van der Waals surface area contributed by atoms with Crippen LogP contribution in [0.5, 0.6) is 0 Å². The summed E-state index contributed by atoms with van der Waals surface area (Å²) < 4.78 is 0. The van der Waals surface area contributed by atoms with Gasteiger partial charge in [0.2, 0.25) is 0 Å². The summed E-state index contributed by atoms with van der Waals surface area (Å²) in [7, 11) is 0. The second-order valence-corrected chi connectivity index (χ2v) is 5.17.